The number of hydrogen-bond donors (Lipinski definition) is 2. The molecule has 2 heterocycles. The molecule has 1 aliphatic rings. The molecule has 0 amide bonds. The highest BCUT2D eigenvalue weighted by molar-refractivity contribution is 5.98. The first-order valence-corrected chi connectivity index (χ1v) is 7.23. The van der Waals surface area contributed by atoms with Crippen LogP contribution in [-0.4, -0.2) is 42.5 Å². The summed E-state index contributed by atoms with van der Waals surface area (Å²) < 4.78 is 5.32. The number of nitrogens with zero attached hydrogens (tertiary/aromatic N) is 2. The molecule has 1 saturated heterocycles. The van der Waals surface area contributed by atoms with Crippen molar-refractivity contribution in [3.63, 3.8) is 0 Å². The summed E-state index contributed by atoms with van der Waals surface area (Å²) in [6, 6.07) is 5.92. The maximum atomic E-state index is 10.6. The molecule has 112 valence electrons. The van der Waals surface area contributed by atoms with Crippen molar-refractivity contribution in [1.29, 1.82) is 0 Å². The van der Waals surface area contributed by atoms with Crippen molar-refractivity contribution in [1.82, 2.24) is 4.98 Å². The second-order valence-corrected chi connectivity index (χ2v) is 5.79. The van der Waals surface area contributed by atoms with Crippen LogP contribution in [0.3, 0.4) is 0 Å². The summed E-state index contributed by atoms with van der Waals surface area (Å²) in [6.07, 6.45) is 4.87. The summed E-state index contributed by atoms with van der Waals surface area (Å²) in [5, 5.41) is 12.7. The lowest BCUT2D eigenvalue weighted by Gasteiger charge is -2.36. The van der Waals surface area contributed by atoms with E-state index < -0.39 is 5.60 Å². The SMILES string of the molecule is CN(CC1(O)CCOCC1)c1ccc2cnccc2c1N. The van der Waals surface area contributed by atoms with Crippen LogP contribution in [0.5, 0.6) is 0 Å². The Kier molecular flexibility index (Phi) is 3.69. The summed E-state index contributed by atoms with van der Waals surface area (Å²) in [6.45, 7) is 1.78. The van der Waals surface area contributed by atoms with Gasteiger partial charge in [-0.05, 0) is 12.1 Å². The van der Waals surface area contributed by atoms with Gasteiger partial charge in [0.1, 0.15) is 0 Å². The van der Waals surface area contributed by atoms with Crippen molar-refractivity contribution in [2.75, 3.05) is 37.4 Å². The van der Waals surface area contributed by atoms with Gasteiger partial charge in [-0.1, -0.05) is 6.07 Å². The van der Waals surface area contributed by atoms with Gasteiger partial charge in [0.05, 0.1) is 17.0 Å². The zero-order valence-corrected chi connectivity index (χ0v) is 12.2. The molecule has 0 atom stereocenters. The number of nitrogens with two attached hydrogens (primary N) is 1. The zero-order chi connectivity index (χ0) is 14.9. The molecule has 1 aliphatic heterocycles. The van der Waals surface area contributed by atoms with Gasteiger partial charge >= 0.3 is 0 Å². The van der Waals surface area contributed by atoms with E-state index in [0.29, 0.717) is 32.6 Å². The minimum atomic E-state index is -0.702. The summed E-state index contributed by atoms with van der Waals surface area (Å²) in [4.78, 5) is 6.14. The van der Waals surface area contributed by atoms with Gasteiger partial charge in [-0.3, -0.25) is 4.98 Å². The first-order chi connectivity index (χ1) is 10.1. The molecule has 21 heavy (non-hydrogen) atoms. The number of hydrogen-bond acceptors (Lipinski definition) is 5. The molecule has 1 aromatic carbocycles. The number of nitrogen functional groups attached to an aromatic ring is 1. The Morgan fingerprint density at radius 2 is 2.10 bits per heavy atom. The Morgan fingerprint density at radius 3 is 2.86 bits per heavy atom. The molecule has 5 nitrogen and oxygen atoms in total. The van der Waals surface area contributed by atoms with E-state index in [2.05, 4.69) is 4.98 Å². The van der Waals surface area contributed by atoms with Gasteiger partial charge in [-0.2, -0.15) is 0 Å². The zero-order valence-electron chi connectivity index (χ0n) is 12.2. The van der Waals surface area contributed by atoms with Crippen molar-refractivity contribution >= 4 is 22.1 Å². The highest BCUT2D eigenvalue weighted by atomic mass is 16.5. The van der Waals surface area contributed by atoms with Gasteiger partial charge in [0, 0.05) is 62.8 Å². The molecule has 0 spiro atoms. The van der Waals surface area contributed by atoms with Crippen molar-refractivity contribution in [3.05, 3.63) is 30.6 Å². The Morgan fingerprint density at radius 1 is 1.33 bits per heavy atom. The number of rotatable bonds is 3. The van der Waals surface area contributed by atoms with Gasteiger partial charge < -0.3 is 20.5 Å². The van der Waals surface area contributed by atoms with E-state index in [4.69, 9.17) is 10.5 Å². The third-order valence-corrected chi connectivity index (χ3v) is 4.21. The fraction of sp³-hybridized carbons (Fsp3) is 0.438. The molecule has 1 fully saturated rings. The molecule has 5 heteroatoms. The van der Waals surface area contributed by atoms with Crippen LogP contribution in [-0.2, 0) is 4.74 Å². The van der Waals surface area contributed by atoms with E-state index in [1.807, 2.05) is 36.3 Å². The van der Waals surface area contributed by atoms with Gasteiger partial charge in [0.2, 0.25) is 0 Å². The molecule has 3 rings (SSSR count). The number of aromatic nitrogens is 1. The topological polar surface area (TPSA) is 71.6 Å². The molecule has 0 unspecified atom stereocenters. The normalized spacial score (nSPS) is 17.8. The predicted octanol–water partition coefficient (Wildman–Crippen LogP) is 1.79. The maximum Gasteiger partial charge on any atom is 0.0865 e. The van der Waals surface area contributed by atoms with Crippen LogP contribution in [0.1, 0.15) is 12.8 Å². The standard InChI is InChI=1S/C16H21N3O2/c1-19(11-16(20)5-8-21-9-6-16)14-3-2-12-10-18-7-4-13(12)15(14)17/h2-4,7,10,20H,5-6,8-9,11,17H2,1H3. The Balaban J connectivity index is 1.87. The third kappa shape index (κ3) is 2.80. The molecule has 2 aromatic rings. The lowest BCUT2D eigenvalue weighted by molar-refractivity contribution is -0.0572. The summed E-state index contributed by atoms with van der Waals surface area (Å²) >= 11 is 0. The van der Waals surface area contributed by atoms with Crippen LogP contribution in [0, 0.1) is 0 Å². The maximum absolute atomic E-state index is 10.6. The Labute approximate surface area is 124 Å². The number of ether oxygens (including phenoxy) is 1. The Hall–Kier alpha value is -1.85. The van der Waals surface area contributed by atoms with E-state index in [1.165, 1.54) is 0 Å². The van der Waals surface area contributed by atoms with Gasteiger partial charge in [-0.15, -0.1) is 0 Å². The quantitative estimate of drug-likeness (QED) is 0.842. The summed E-state index contributed by atoms with van der Waals surface area (Å²) in [7, 11) is 1.96. The van der Waals surface area contributed by atoms with Crippen LogP contribution in [0.25, 0.3) is 10.8 Å². The third-order valence-electron chi connectivity index (χ3n) is 4.21. The minimum absolute atomic E-state index is 0.553. The van der Waals surface area contributed by atoms with E-state index in [0.717, 1.165) is 22.1 Å². The van der Waals surface area contributed by atoms with Crippen LogP contribution >= 0.6 is 0 Å². The molecule has 1 aromatic heterocycles. The fourth-order valence-electron chi connectivity index (χ4n) is 2.95. The number of aliphatic hydroxyl groups is 1. The summed E-state index contributed by atoms with van der Waals surface area (Å²) in [5.41, 5.74) is 7.26. The predicted molar refractivity (Wildman–Crippen MR) is 84.4 cm³/mol. The molecular formula is C16H21N3O2. The molecular weight excluding hydrogens is 266 g/mol. The monoisotopic (exact) mass is 287 g/mol. The second kappa shape index (κ2) is 5.50. The number of fused-ring (bicyclic) bond motifs is 1. The number of anilines is 2. The van der Waals surface area contributed by atoms with Crippen molar-refractivity contribution in [2.45, 2.75) is 18.4 Å². The number of benzene rings is 1. The molecule has 0 aliphatic carbocycles. The lowest BCUT2D eigenvalue weighted by Crippen LogP contribution is -2.45. The highest BCUT2D eigenvalue weighted by Gasteiger charge is 2.31. The largest absolute Gasteiger partial charge is 0.397 e. The van der Waals surface area contributed by atoms with Gasteiger partial charge in [0.15, 0.2) is 0 Å². The van der Waals surface area contributed by atoms with Crippen molar-refractivity contribution < 1.29 is 9.84 Å². The molecule has 0 saturated carbocycles. The van der Waals surface area contributed by atoms with Crippen LogP contribution < -0.4 is 10.6 Å². The van der Waals surface area contributed by atoms with E-state index >= 15 is 0 Å². The highest BCUT2D eigenvalue weighted by Crippen LogP contribution is 2.32. The number of likely N-dealkylation sites (N-methyl/N-ethyl adjacent to an activating group) is 1. The van der Waals surface area contributed by atoms with Crippen LogP contribution in [0.15, 0.2) is 30.6 Å². The molecule has 3 N–H and O–H groups in total. The van der Waals surface area contributed by atoms with Crippen LogP contribution in [0.4, 0.5) is 11.4 Å². The van der Waals surface area contributed by atoms with E-state index in [1.54, 1.807) is 6.20 Å². The first-order valence-electron chi connectivity index (χ1n) is 7.23. The summed E-state index contributed by atoms with van der Waals surface area (Å²) in [5.74, 6) is 0. The Bertz CT molecular complexity index is 638. The molecule has 0 radical (unpaired) electrons. The van der Waals surface area contributed by atoms with E-state index in [-0.39, 0.29) is 0 Å². The van der Waals surface area contributed by atoms with Crippen molar-refractivity contribution in [2.24, 2.45) is 0 Å². The van der Waals surface area contributed by atoms with E-state index in [9.17, 15) is 5.11 Å². The minimum Gasteiger partial charge on any atom is -0.397 e. The van der Waals surface area contributed by atoms with Crippen LogP contribution in [0.2, 0.25) is 0 Å². The smallest absolute Gasteiger partial charge is 0.0865 e. The van der Waals surface area contributed by atoms with Crippen molar-refractivity contribution in [3.8, 4) is 0 Å². The average molecular weight is 287 g/mol. The lowest BCUT2D eigenvalue weighted by atomic mass is 9.93. The van der Waals surface area contributed by atoms with Gasteiger partial charge in [-0.25, -0.2) is 0 Å². The molecule has 0 bridgehead atoms. The number of pyridine rings is 1. The first kappa shape index (κ1) is 14.1. The fourth-order valence-corrected chi connectivity index (χ4v) is 2.95. The average Bonchev–Trinajstić information content (AvgIpc) is 2.48. The second-order valence-electron chi connectivity index (χ2n) is 5.79. The van der Waals surface area contributed by atoms with Gasteiger partial charge in [0.25, 0.3) is 0 Å².